The number of carbonyl (C=O) groups is 12. The molecule has 5 amide bonds. The van der Waals surface area contributed by atoms with Crippen LogP contribution in [0.25, 0.3) is 22.3 Å². The number of amidine groups is 2. The zero-order valence-corrected chi connectivity index (χ0v) is 61.9. The lowest BCUT2D eigenvalue weighted by Gasteiger charge is -2.20. The molecule has 0 radical (unpaired) electrons. The Hall–Kier alpha value is -8.87. The molecule has 4 aromatic carbocycles. The molecular formula is C67H79F6N11O14S5. The van der Waals surface area contributed by atoms with E-state index in [0.717, 1.165) is 57.2 Å². The lowest BCUT2D eigenvalue weighted by atomic mass is 9.96. The van der Waals surface area contributed by atoms with Crippen LogP contribution < -0.4 is 36.1 Å². The van der Waals surface area contributed by atoms with Crippen LogP contribution in [0.4, 0.5) is 26.3 Å². The molecule has 0 aliphatic heterocycles. The molecule has 25 nitrogen and oxygen atoms in total. The Morgan fingerprint density at radius 2 is 0.767 bits per heavy atom. The summed E-state index contributed by atoms with van der Waals surface area (Å²) in [5.74, 6) is -8.24. The van der Waals surface area contributed by atoms with E-state index in [1.165, 1.54) is 73.9 Å². The van der Waals surface area contributed by atoms with Crippen LogP contribution in [0.2, 0.25) is 0 Å². The Morgan fingerprint density at radius 1 is 0.447 bits per heavy atom. The number of aryl methyl sites for hydroxylation is 2. The van der Waals surface area contributed by atoms with Crippen molar-refractivity contribution in [1.29, 1.82) is 21.6 Å². The van der Waals surface area contributed by atoms with E-state index in [-0.39, 0.29) is 98.3 Å². The van der Waals surface area contributed by atoms with Crippen molar-refractivity contribution in [3.63, 3.8) is 0 Å². The van der Waals surface area contributed by atoms with E-state index in [1.807, 2.05) is 0 Å². The second-order valence-corrected chi connectivity index (χ2v) is 27.1. The van der Waals surface area contributed by atoms with Crippen molar-refractivity contribution < 1.29 is 93.4 Å². The third-order valence-electron chi connectivity index (χ3n) is 14.1. The van der Waals surface area contributed by atoms with Crippen molar-refractivity contribution in [2.24, 2.45) is 0 Å². The molecule has 0 bridgehead atoms. The summed E-state index contributed by atoms with van der Waals surface area (Å²) in [5.41, 5.74) is -2.82. The van der Waals surface area contributed by atoms with E-state index in [2.05, 4.69) is 51.8 Å². The van der Waals surface area contributed by atoms with E-state index in [0.29, 0.717) is 46.4 Å². The van der Waals surface area contributed by atoms with Crippen LogP contribution >= 0.6 is 60.5 Å². The van der Waals surface area contributed by atoms with Crippen LogP contribution in [0.1, 0.15) is 103 Å². The largest absolute Gasteiger partial charge is 0.424 e. The average Bonchev–Trinajstić information content (AvgIpc) is 0.791. The van der Waals surface area contributed by atoms with Gasteiger partial charge >= 0.3 is 24.3 Å². The fraction of sp³-hybridized carbons (Fsp3) is 0.403. The van der Waals surface area contributed by atoms with Crippen molar-refractivity contribution >= 4 is 152 Å². The number of ketones is 2. The highest BCUT2D eigenvalue weighted by atomic mass is 32.2. The number of hydrogen-bond donors (Lipinski definition) is 11. The molecule has 4 rings (SSSR count). The summed E-state index contributed by atoms with van der Waals surface area (Å²) in [6.45, 7) is 8.74. The van der Waals surface area contributed by atoms with Gasteiger partial charge in [0.15, 0.2) is 11.6 Å². The summed E-state index contributed by atoms with van der Waals surface area (Å²) in [5, 5.41) is 41.8. The Labute approximate surface area is 613 Å². The van der Waals surface area contributed by atoms with Gasteiger partial charge in [-0.25, -0.2) is 9.59 Å². The molecule has 0 saturated heterocycles. The van der Waals surface area contributed by atoms with Crippen LogP contribution in [0.3, 0.4) is 0 Å². The third-order valence-corrected chi connectivity index (χ3v) is 17.8. The molecular weight excluding hydrogens is 1460 g/mol. The van der Waals surface area contributed by atoms with Gasteiger partial charge in [-0.15, -0.1) is 0 Å². The van der Waals surface area contributed by atoms with Crippen LogP contribution in [0.15, 0.2) is 72.8 Å². The maximum atomic E-state index is 14.1. The third kappa shape index (κ3) is 29.4. The first-order chi connectivity index (χ1) is 47.9. The van der Waals surface area contributed by atoms with Crippen LogP contribution in [-0.2, 0) is 60.3 Å². The zero-order chi connectivity index (χ0) is 78.1. The van der Waals surface area contributed by atoms with Gasteiger partial charge < -0.3 is 56.7 Å². The quantitative estimate of drug-likeness (QED) is 0.00546. The van der Waals surface area contributed by atoms with Gasteiger partial charge in [0.05, 0.1) is 34.3 Å². The van der Waals surface area contributed by atoms with E-state index in [4.69, 9.17) is 31.1 Å². The number of hydrogen-bond acceptors (Lipinski definition) is 23. The molecule has 5 atom stereocenters. The van der Waals surface area contributed by atoms with Crippen molar-refractivity contribution in [2.75, 3.05) is 57.0 Å². The fourth-order valence-corrected chi connectivity index (χ4v) is 12.3. The van der Waals surface area contributed by atoms with Gasteiger partial charge in [-0.2, -0.15) is 51.6 Å². The second kappa shape index (κ2) is 40.8. The minimum atomic E-state index is -4.79. The Morgan fingerprint density at radius 3 is 1.10 bits per heavy atom. The average molecular weight is 1540 g/mol. The summed E-state index contributed by atoms with van der Waals surface area (Å²) < 4.78 is 95.3. The molecule has 0 fully saturated rings. The first kappa shape index (κ1) is 88.3. The monoisotopic (exact) mass is 1540 g/mol. The summed E-state index contributed by atoms with van der Waals surface area (Å²) in [6, 6.07) is 7.96. The standard InChI is InChI=1S/C36H43F3N6O8S3.C31H36F3N5O6S2/c1-18-7-9-24(26(11-18)36(37,38)39)22-8-10-31(53-33(50)29(44-21(4)48)17-56-35(52)27(15-54)42-19(2)46)25(12-22)34(51)55-16-28(43-20(3)47)30(49)13-23(40)14-32(41)45(5)6;1-16-6-8-21(23(10-16)31(32,33)34)19-7-9-27(45-29(43)24(14-46)37-17(2)40)22(11-19)30(44)47-15-25(38-18(3)41)26(42)12-20(35)13-28(36)39(4)5/h7-12,27-29,40-41,54H,13-17H2,1-6H3,(H,42,46)(H,43,47)(H,44,48);6-11,24-25,35-36,46H,12-15H2,1-5H3,(H,37,40)(H,38,41). The van der Waals surface area contributed by atoms with E-state index in [9.17, 15) is 83.9 Å². The Bertz CT molecular complexity index is 3930. The fourth-order valence-electron chi connectivity index (χ4n) is 8.98. The van der Waals surface area contributed by atoms with Crippen molar-refractivity contribution in [2.45, 2.75) is 117 Å². The molecule has 36 heteroatoms. The first-order valence-corrected chi connectivity index (χ1v) is 34.9. The number of Topliss-reactive ketones (excluding diaryl/α,β-unsaturated/α-hetero) is 2. The zero-order valence-electron chi connectivity index (χ0n) is 57.7. The number of ether oxygens (including phenoxy) is 2. The number of nitrogens with zero attached hydrogens (tertiary/aromatic N) is 2. The molecule has 103 heavy (non-hydrogen) atoms. The maximum Gasteiger partial charge on any atom is 0.417 e. The molecule has 5 unspecified atom stereocenters. The van der Waals surface area contributed by atoms with Gasteiger partial charge in [0.25, 0.3) is 0 Å². The molecule has 0 aromatic heterocycles. The highest BCUT2D eigenvalue weighted by Gasteiger charge is 2.37. The van der Waals surface area contributed by atoms with Crippen LogP contribution in [0.5, 0.6) is 11.5 Å². The van der Waals surface area contributed by atoms with Gasteiger partial charge in [0.1, 0.15) is 41.3 Å². The SMILES string of the molecule is CC(=O)NC(CSC(=O)c1cc(-c2ccc(C)cc2C(F)(F)F)ccc1OC(=O)C(CS)NC(C)=O)C(=O)CC(=N)CC(=N)N(C)C.CC(=O)NC(CSC(=O)c1cc(-c2ccc(C)cc2C(F)(F)F)ccc1OC(=O)C(CSC(=O)C(CS)NC(C)=O)NC(C)=O)C(=O)CC(=N)CC(=N)N(C)C. The highest BCUT2D eigenvalue weighted by Crippen LogP contribution is 2.41. The number of carbonyl (C=O) groups excluding carboxylic acids is 12. The Kier molecular flexibility index (Phi) is 35.0. The summed E-state index contributed by atoms with van der Waals surface area (Å²) in [6.07, 6.45) is -10.6. The molecule has 558 valence electrons. The van der Waals surface area contributed by atoms with Gasteiger partial charge in [-0.1, -0.05) is 82.8 Å². The van der Waals surface area contributed by atoms with Gasteiger partial charge in [-0.3, -0.25) is 58.8 Å². The molecule has 9 N–H and O–H groups in total. The number of benzene rings is 4. The van der Waals surface area contributed by atoms with Crippen LogP contribution in [-0.4, -0.2) is 188 Å². The van der Waals surface area contributed by atoms with E-state index >= 15 is 0 Å². The second-order valence-electron chi connectivity index (χ2n) is 23.3. The molecule has 0 aliphatic rings. The summed E-state index contributed by atoms with van der Waals surface area (Å²) in [4.78, 5) is 155. The minimum absolute atomic E-state index is 0.0139. The number of alkyl halides is 6. The van der Waals surface area contributed by atoms with E-state index in [1.54, 1.807) is 28.2 Å². The number of halogens is 6. The number of nitrogens with one attached hydrogen (secondary N) is 9. The van der Waals surface area contributed by atoms with Crippen molar-refractivity contribution in [1.82, 2.24) is 36.4 Å². The van der Waals surface area contributed by atoms with E-state index < -0.39 is 146 Å². The predicted molar refractivity (Wildman–Crippen MR) is 388 cm³/mol. The number of thioether (sulfide) groups is 3. The summed E-state index contributed by atoms with van der Waals surface area (Å²) in [7, 11) is 6.42. The number of rotatable bonds is 32. The van der Waals surface area contributed by atoms with Gasteiger partial charge in [0.2, 0.25) is 44.9 Å². The lowest BCUT2D eigenvalue weighted by Crippen LogP contribution is -2.45. The molecule has 4 aromatic rings. The molecule has 0 spiro atoms. The predicted octanol–water partition coefficient (Wildman–Crippen LogP) is 8.38. The lowest BCUT2D eigenvalue weighted by molar-refractivity contribution is -0.138. The smallest absolute Gasteiger partial charge is 0.417 e. The highest BCUT2D eigenvalue weighted by molar-refractivity contribution is 8.14. The normalized spacial score (nSPS) is 12.5. The van der Waals surface area contributed by atoms with Gasteiger partial charge in [-0.05, 0) is 72.5 Å². The number of amides is 5. The van der Waals surface area contributed by atoms with Gasteiger partial charge in [0, 0.05) is 129 Å². The summed E-state index contributed by atoms with van der Waals surface area (Å²) >= 11 is 9.71. The minimum Gasteiger partial charge on any atom is -0.424 e. The van der Waals surface area contributed by atoms with Crippen molar-refractivity contribution in [3.05, 3.63) is 106 Å². The maximum absolute atomic E-state index is 14.1. The molecule has 0 heterocycles. The van der Waals surface area contributed by atoms with Crippen LogP contribution in [0, 0.1) is 35.5 Å². The molecule has 0 aliphatic carbocycles. The first-order valence-electron chi connectivity index (χ1n) is 30.7. The topological polar surface area (TPSA) is 385 Å². The molecule has 0 saturated carbocycles. The Balaban J connectivity index is 0.000000543. The number of esters is 2. The number of thiol groups is 2. The van der Waals surface area contributed by atoms with Crippen molar-refractivity contribution in [3.8, 4) is 33.8 Å².